The van der Waals surface area contributed by atoms with Crippen LogP contribution >= 0.6 is 0 Å². The summed E-state index contributed by atoms with van der Waals surface area (Å²) in [6, 6.07) is 0. The van der Waals surface area contributed by atoms with Crippen LogP contribution in [0.2, 0.25) is 0 Å². The van der Waals surface area contributed by atoms with Crippen LogP contribution in [0.15, 0.2) is 12.2 Å². The van der Waals surface area contributed by atoms with Crippen molar-refractivity contribution in [3.05, 3.63) is 12.2 Å². The Hall–Kier alpha value is -0.340. The van der Waals surface area contributed by atoms with Crippen molar-refractivity contribution in [1.82, 2.24) is 0 Å². The Balaban J connectivity index is 3.01. The van der Waals surface area contributed by atoms with E-state index < -0.39 is 6.10 Å². The fraction of sp³-hybridized carbons (Fsp3) is 0.778. The van der Waals surface area contributed by atoms with Gasteiger partial charge in [-0.05, 0) is 13.3 Å². The van der Waals surface area contributed by atoms with Gasteiger partial charge >= 0.3 is 0 Å². The highest BCUT2D eigenvalue weighted by molar-refractivity contribution is 4.75. The van der Waals surface area contributed by atoms with Crippen LogP contribution in [0.1, 0.15) is 26.7 Å². The summed E-state index contributed by atoms with van der Waals surface area (Å²) in [5.74, 6) is 0. The molecule has 0 aliphatic rings. The normalized spacial score (nSPS) is 14.1. The Morgan fingerprint density at radius 2 is 2.27 bits per heavy atom. The summed E-state index contributed by atoms with van der Waals surface area (Å²) in [6.45, 7) is 5.08. The Morgan fingerprint density at radius 1 is 1.55 bits per heavy atom. The summed E-state index contributed by atoms with van der Waals surface area (Å²) < 4.78 is 5.16. The molecule has 65 valence electrons. The first-order chi connectivity index (χ1) is 5.31. The smallest absolute Gasteiger partial charge is 0.0949 e. The van der Waals surface area contributed by atoms with Crippen molar-refractivity contribution < 1.29 is 9.84 Å². The molecule has 0 saturated carbocycles. The molecule has 0 rings (SSSR count). The van der Waals surface area contributed by atoms with E-state index in [4.69, 9.17) is 4.74 Å². The quantitative estimate of drug-likeness (QED) is 0.429. The van der Waals surface area contributed by atoms with E-state index in [0.717, 1.165) is 0 Å². The molecule has 11 heavy (non-hydrogen) atoms. The summed E-state index contributed by atoms with van der Waals surface area (Å²) in [7, 11) is 0. The van der Waals surface area contributed by atoms with Crippen LogP contribution in [-0.4, -0.2) is 19.3 Å². The standard InChI is InChI=1S/C9H17O2/c1-3-5-7-11-8-6-9(10)4-2/h3,5,9H,4,6-8H2,1-2H3. The first-order valence-corrected chi connectivity index (χ1v) is 4.16. The van der Waals surface area contributed by atoms with Gasteiger partial charge in [-0.25, -0.2) is 5.11 Å². The first kappa shape index (κ1) is 10.7. The van der Waals surface area contributed by atoms with Crippen molar-refractivity contribution in [2.45, 2.75) is 32.8 Å². The van der Waals surface area contributed by atoms with Gasteiger partial charge in [-0.15, -0.1) is 0 Å². The van der Waals surface area contributed by atoms with E-state index in [0.29, 0.717) is 26.1 Å². The van der Waals surface area contributed by atoms with E-state index in [9.17, 15) is 5.11 Å². The number of rotatable bonds is 6. The monoisotopic (exact) mass is 157 g/mol. The molecule has 0 aromatic rings. The number of hydrogen-bond acceptors (Lipinski definition) is 1. The lowest BCUT2D eigenvalue weighted by Crippen LogP contribution is -2.07. The summed E-state index contributed by atoms with van der Waals surface area (Å²) >= 11 is 0. The van der Waals surface area contributed by atoms with Gasteiger partial charge in [-0.3, -0.25) is 0 Å². The van der Waals surface area contributed by atoms with E-state index in [2.05, 4.69) is 0 Å². The molecule has 0 N–H and O–H groups in total. The van der Waals surface area contributed by atoms with Crippen LogP contribution in [0, 0.1) is 0 Å². The molecule has 0 fully saturated rings. The highest BCUT2D eigenvalue weighted by Gasteiger charge is 2.00. The van der Waals surface area contributed by atoms with Crippen LogP contribution in [-0.2, 0) is 9.84 Å². The lowest BCUT2D eigenvalue weighted by molar-refractivity contribution is 0.0452. The number of ether oxygens (including phenoxy) is 1. The van der Waals surface area contributed by atoms with Gasteiger partial charge in [0, 0.05) is 13.0 Å². The minimum absolute atomic E-state index is 0.444. The SMILES string of the molecule is CC=CCOCCC([O])CC. The van der Waals surface area contributed by atoms with Crippen LogP contribution in [0.25, 0.3) is 0 Å². The summed E-state index contributed by atoms with van der Waals surface area (Å²) in [6.07, 6.45) is 4.77. The van der Waals surface area contributed by atoms with Gasteiger partial charge in [0.25, 0.3) is 0 Å². The summed E-state index contributed by atoms with van der Waals surface area (Å²) in [5, 5.41) is 10.8. The van der Waals surface area contributed by atoms with Crippen molar-refractivity contribution in [3.63, 3.8) is 0 Å². The second kappa shape index (κ2) is 7.76. The maximum atomic E-state index is 10.8. The van der Waals surface area contributed by atoms with Gasteiger partial charge < -0.3 is 4.74 Å². The topological polar surface area (TPSA) is 29.1 Å². The maximum absolute atomic E-state index is 10.8. The van der Waals surface area contributed by atoms with Gasteiger partial charge in [0.05, 0.1) is 12.7 Å². The van der Waals surface area contributed by atoms with Gasteiger partial charge in [-0.2, -0.15) is 0 Å². The average molecular weight is 157 g/mol. The summed E-state index contributed by atoms with van der Waals surface area (Å²) in [4.78, 5) is 0. The van der Waals surface area contributed by atoms with Crippen LogP contribution < -0.4 is 0 Å². The minimum atomic E-state index is -0.444. The van der Waals surface area contributed by atoms with Crippen LogP contribution in [0.3, 0.4) is 0 Å². The molecule has 2 nitrogen and oxygen atoms in total. The molecule has 0 aliphatic carbocycles. The molecule has 0 heterocycles. The molecule has 0 amide bonds. The van der Waals surface area contributed by atoms with E-state index in [1.807, 2.05) is 26.0 Å². The molecule has 0 aromatic carbocycles. The van der Waals surface area contributed by atoms with Crippen molar-refractivity contribution >= 4 is 0 Å². The zero-order valence-electron chi connectivity index (χ0n) is 7.38. The molecule has 0 spiro atoms. The van der Waals surface area contributed by atoms with Crippen LogP contribution in [0.4, 0.5) is 0 Å². The van der Waals surface area contributed by atoms with Gasteiger partial charge in [0.2, 0.25) is 0 Å². The zero-order valence-corrected chi connectivity index (χ0v) is 7.38. The highest BCUT2D eigenvalue weighted by Crippen LogP contribution is 1.97. The lowest BCUT2D eigenvalue weighted by Gasteiger charge is -2.03. The van der Waals surface area contributed by atoms with Crippen LogP contribution in [0.5, 0.6) is 0 Å². The third-order valence-electron chi connectivity index (χ3n) is 1.49. The Labute approximate surface area is 68.9 Å². The number of allylic oxidation sites excluding steroid dienone is 1. The molecule has 1 radical (unpaired) electrons. The van der Waals surface area contributed by atoms with E-state index in [1.165, 1.54) is 0 Å². The molecule has 0 saturated heterocycles. The third kappa shape index (κ3) is 7.56. The van der Waals surface area contributed by atoms with Gasteiger partial charge in [0.15, 0.2) is 0 Å². The molecule has 0 bridgehead atoms. The molecule has 1 unspecified atom stereocenters. The Kier molecular flexibility index (Phi) is 7.52. The Morgan fingerprint density at radius 3 is 2.82 bits per heavy atom. The van der Waals surface area contributed by atoms with Crippen molar-refractivity contribution in [3.8, 4) is 0 Å². The highest BCUT2D eigenvalue weighted by atomic mass is 16.5. The van der Waals surface area contributed by atoms with Crippen molar-refractivity contribution in [2.75, 3.05) is 13.2 Å². The second-order valence-electron chi connectivity index (χ2n) is 2.46. The summed E-state index contributed by atoms with van der Waals surface area (Å²) in [5.41, 5.74) is 0. The largest absolute Gasteiger partial charge is 0.377 e. The van der Waals surface area contributed by atoms with E-state index >= 15 is 0 Å². The Bertz CT molecular complexity index is 99.7. The molecular weight excluding hydrogens is 140 g/mol. The fourth-order valence-electron chi connectivity index (χ4n) is 0.667. The molecule has 1 atom stereocenters. The van der Waals surface area contributed by atoms with Crippen molar-refractivity contribution in [1.29, 1.82) is 0 Å². The molecular formula is C9H17O2. The predicted molar refractivity (Wildman–Crippen MR) is 45.0 cm³/mol. The molecule has 2 heteroatoms. The van der Waals surface area contributed by atoms with Gasteiger partial charge in [0.1, 0.15) is 0 Å². The maximum Gasteiger partial charge on any atom is 0.0949 e. The van der Waals surface area contributed by atoms with Gasteiger partial charge in [-0.1, -0.05) is 19.1 Å². The minimum Gasteiger partial charge on any atom is -0.377 e. The molecule has 0 aromatic heterocycles. The first-order valence-electron chi connectivity index (χ1n) is 4.16. The molecule has 0 aliphatic heterocycles. The predicted octanol–water partition coefficient (Wildman–Crippen LogP) is 2.18. The lowest BCUT2D eigenvalue weighted by atomic mass is 10.2. The fourth-order valence-corrected chi connectivity index (χ4v) is 0.667. The zero-order chi connectivity index (χ0) is 8.53. The van der Waals surface area contributed by atoms with E-state index in [-0.39, 0.29) is 0 Å². The number of hydrogen-bond donors (Lipinski definition) is 0. The van der Waals surface area contributed by atoms with E-state index in [1.54, 1.807) is 0 Å². The average Bonchev–Trinajstić information content (AvgIpc) is 2.04. The second-order valence-corrected chi connectivity index (χ2v) is 2.46. The third-order valence-corrected chi connectivity index (χ3v) is 1.49. The van der Waals surface area contributed by atoms with Crippen molar-refractivity contribution in [2.24, 2.45) is 0 Å².